The molecule has 1 aliphatic rings. The number of nitro groups is 1. The summed E-state index contributed by atoms with van der Waals surface area (Å²) >= 11 is 0. The number of pyridine rings is 1. The van der Waals surface area contributed by atoms with Gasteiger partial charge in [0, 0.05) is 38.1 Å². The summed E-state index contributed by atoms with van der Waals surface area (Å²) in [6.45, 7) is 0.926. The first-order chi connectivity index (χ1) is 17.9. The summed E-state index contributed by atoms with van der Waals surface area (Å²) in [4.78, 5) is 17.0. The van der Waals surface area contributed by atoms with Gasteiger partial charge in [-0.2, -0.15) is 0 Å². The van der Waals surface area contributed by atoms with Gasteiger partial charge in [-0.25, -0.2) is 0 Å². The van der Waals surface area contributed by atoms with E-state index >= 15 is 0 Å². The second-order valence-corrected chi connectivity index (χ2v) is 9.26. The second-order valence-electron chi connectivity index (χ2n) is 9.26. The summed E-state index contributed by atoms with van der Waals surface area (Å²) in [7, 11) is 0. The predicted molar refractivity (Wildman–Crippen MR) is 139 cm³/mol. The molecular formula is C27H32N4O6. The number of likely N-dealkylation sites (tertiary alicyclic amines) is 1. The van der Waals surface area contributed by atoms with E-state index in [2.05, 4.69) is 10.3 Å². The Morgan fingerprint density at radius 3 is 2.27 bits per heavy atom. The van der Waals surface area contributed by atoms with Crippen LogP contribution in [0.1, 0.15) is 11.1 Å². The number of benzene rings is 2. The lowest BCUT2D eigenvalue weighted by atomic mass is 9.93. The molecule has 4 rings (SSSR count). The zero-order valence-corrected chi connectivity index (χ0v) is 20.3. The zero-order chi connectivity index (χ0) is 26.4. The van der Waals surface area contributed by atoms with Crippen molar-refractivity contribution in [2.75, 3.05) is 31.6 Å². The second kappa shape index (κ2) is 12.2. The fourth-order valence-electron chi connectivity index (χ4n) is 4.68. The average molecular weight is 509 g/mol. The number of nitrogens with one attached hydrogen (secondary N) is 1. The van der Waals surface area contributed by atoms with Gasteiger partial charge in [0.25, 0.3) is 5.69 Å². The van der Waals surface area contributed by atoms with Gasteiger partial charge in [-0.3, -0.25) is 20.0 Å². The third-order valence-corrected chi connectivity index (χ3v) is 6.86. The van der Waals surface area contributed by atoms with Crippen LogP contribution in [0.2, 0.25) is 0 Å². The molecule has 2 aromatic carbocycles. The number of anilines is 1. The van der Waals surface area contributed by atoms with Gasteiger partial charge in [0.15, 0.2) is 0 Å². The normalized spacial score (nSPS) is 22.1. The van der Waals surface area contributed by atoms with E-state index in [9.17, 15) is 30.5 Å². The maximum absolute atomic E-state index is 11.6. The highest BCUT2D eigenvalue weighted by Crippen LogP contribution is 2.30. The molecule has 196 valence electrons. The SMILES string of the molecule is O=[N+]([O-])c1cc(-c2ccncc2)ccc1NCCc1ccc(CCN2C[C@H](O)[C@@H](O)[C@H](O)[C@H]2CO)cc1. The Morgan fingerprint density at radius 2 is 1.62 bits per heavy atom. The molecule has 0 amide bonds. The van der Waals surface area contributed by atoms with Crippen LogP contribution < -0.4 is 5.32 Å². The Bertz CT molecular complexity index is 1180. The molecule has 10 heteroatoms. The molecule has 0 saturated carbocycles. The first kappa shape index (κ1) is 26.6. The molecule has 1 aliphatic heterocycles. The van der Waals surface area contributed by atoms with E-state index in [1.54, 1.807) is 29.4 Å². The first-order valence-electron chi connectivity index (χ1n) is 12.3. The molecule has 1 aromatic heterocycles. The number of nitrogens with zero attached hydrogens (tertiary/aromatic N) is 3. The summed E-state index contributed by atoms with van der Waals surface area (Å²) in [5.74, 6) is 0. The van der Waals surface area contributed by atoms with Gasteiger partial charge < -0.3 is 25.7 Å². The van der Waals surface area contributed by atoms with Crippen LogP contribution in [0.3, 0.4) is 0 Å². The van der Waals surface area contributed by atoms with E-state index in [1.165, 1.54) is 0 Å². The Balaban J connectivity index is 1.31. The molecule has 0 bridgehead atoms. The smallest absolute Gasteiger partial charge is 0.292 e. The van der Waals surface area contributed by atoms with Gasteiger partial charge in [0.1, 0.15) is 17.9 Å². The number of β-amino-alcohol motifs (C(OH)–C–C–N with tert-alkyl or cyclic N) is 1. The monoisotopic (exact) mass is 508 g/mol. The van der Waals surface area contributed by atoms with Crippen molar-refractivity contribution >= 4 is 11.4 Å². The fourth-order valence-corrected chi connectivity index (χ4v) is 4.68. The minimum Gasteiger partial charge on any atom is -0.395 e. The molecule has 5 N–H and O–H groups in total. The molecule has 1 saturated heterocycles. The van der Waals surface area contributed by atoms with Crippen LogP contribution >= 0.6 is 0 Å². The molecule has 0 aliphatic carbocycles. The number of aliphatic hydroxyl groups excluding tert-OH is 4. The van der Waals surface area contributed by atoms with Crippen molar-refractivity contribution in [3.8, 4) is 11.1 Å². The summed E-state index contributed by atoms with van der Waals surface area (Å²) in [5, 5.41) is 54.4. The van der Waals surface area contributed by atoms with Crippen LogP contribution in [0, 0.1) is 10.1 Å². The van der Waals surface area contributed by atoms with Gasteiger partial charge in [0.2, 0.25) is 0 Å². The van der Waals surface area contributed by atoms with Crippen molar-refractivity contribution in [3.05, 3.63) is 88.2 Å². The van der Waals surface area contributed by atoms with E-state index in [-0.39, 0.29) is 23.8 Å². The van der Waals surface area contributed by atoms with Gasteiger partial charge >= 0.3 is 0 Å². The maximum atomic E-state index is 11.6. The average Bonchev–Trinajstić information content (AvgIpc) is 2.92. The van der Waals surface area contributed by atoms with E-state index < -0.39 is 24.4 Å². The van der Waals surface area contributed by atoms with Crippen molar-refractivity contribution in [2.45, 2.75) is 37.2 Å². The van der Waals surface area contributed by atoms with E-state index in [0.29, 0.717) is 31.6 Å². The summed E-state index contributed by atoms with van der Waals surface area (Å²) in [6, 6.07) is 16.2. The van der Waals surface area contributed by atoms with Crippen LogP contribution in [-0.4, -0.2) is 85.8 Å². The molecule has 0 radical (unpaired) electrons. The quantitative estimate of drug-likeness (QED) is 0.203. The molecule has 4 atom stereocenters. The first-order valence-corrected chi connectivity index (χ1v) is 12.3. The number of hydrogen-bond donors (Lipinski definition) is 5. The van der Waals surface area contributed by atoms with Crippen molar-refractivity contribution in [2.24, 2.45) is 0 Å². The van der Waals surface area contributed by atoms with Crippen molar-refractivity contribution in [1.82, 2.24) is 9.88 Å². The lowest BCUT2D eigenvalue weighted by Gasteiger charge is -2.43. The molecule has 3 aromatic rings. The summed E-state index contributed by atoms with van der Waals surface area (Å²) < 4.78 is 0. The number of aliphatic hydroxyl groups is 4. The highest BCUT2D eigenvalue weighted by molar-refractivity contribution is 5.73. The zero-order valence-electron chi connectivity index (χ0n) is 20.3. The van der Waals surface area contributed by atoms with Gasteiger partial charge in [-0.1, -0.05) is 30.3 Å². The Kier molecular flexibility index (Phi) is 8.80. The van der Waals surface area contributed by atoms with Gasteiger partial charge in [-0.05, 0) is 53.3 Å². The topological polar surface area (TPSA) is 152 Å². The summed E-state index contributed by atoms with van der Waals surface area (Å²) in [6.07, 6.45) is 1.11. The van der Waals surface area contributed by atoms with Gasteiger partial charge in [-0.15, -0.1) is 0 Å². The van der Waals surface area contributed by atoms with Gasteiger partial charge in [0.05, 0.1) is 23.7 Å². The number of hydrogen-bond acceptors (Lipinski definition) is 9. The molecular weight excluding hydrogens is 476 g/mol. The number of aromatic nitrogens is 1. The maximum Gasteiger partial charge on any atom is 0.292 e. The molecule has 37 heavy (non-hydrogen) atoms. The lowest BCUT2D eigenvalue weighted by molar-refractivity contribution is -0.383. The van der Waals surface area contributed by atoms with Crippen molar-refractivity contribution < 1.29 is 25.3 Å². The van der Waals surface area contributed by atoms with E-state index in [1.807, 2.05) is 42.5 Å². The Morgan fingerprint density at radius 1 is 0.946 bits per heavy atom. The molecule has 1 fully saturated rings. The molecule has 0 unspecified atom stereocenters. The fraction of sp³-hybridized carbons (Fsp3) is 0.370. The minimum absolute atomic E-state index is 0.0197. The highest BCUT2D eigenvalue weighted by atomic mass is 16.6. The van der Waals surface area contributed by atoms with Crippen LogP contribution in [0.4, 0.5) is 11.4 Å². The predicted octanol–water partition coefficient (Wildman–Crippen LogP) is 1.61. The molecule has 10 nitrogen and oxygen atoms in total. The summed E-state index contributed by atoms with van der Waals surface area (Å²) in [5.41, 5.74) is 4.24. The minimum atomic E-state index is -1.26. The Labute approximate surface area is 215 Å². The van der Waals surface area contributed by atoms with E-state index in [4.69, 9.17) is 0 Å². The van der Waals surface area contributed by atoms with Crippen LogP contribution in [0.15, 0.2) is 67.0 Å². The number of piperidine rings is 1. The number of nitro benzene ring substituents is 1. The van der Waals surface area contributed by atoms with Crippen molar-refractivity contribution in [3.63, 3.8) is 0 Å². The highest BCUT2D eigenvalue weighted by Gasteiger charge is 2.40. The molecule has 2 heterocycles. The van der Waals surface area contributed by atoms with Crippen LogP contribution in [0.25, 0.3) is 11.1 Å². The third-order valence-electron chi connectivity index (χ3n) is 6.86. The number of rotatable bonds is 10. The third kappa shape index (κ3) is 6.48. The Hall–Kier alpha value is -3.41. The van der Waals surface area contributed by atoms with E-state index in [0.717, 1.165) is 22.3 Å². The lowest BCUT2D eigenvalue weighted by Crippen LogP contribution is -2.62. The molecule has 0 spiro atoms. The largest absolute Gasteiger partial charge is 0.395 e. The standard InChI is InChI=1S/C27H32N4O6/c32-17-24-26(34)27(35)25(33)16-30(24)14-10-19-3-1-18(2-4-19)7-13-29-22-6-5-21(15-23(22)31(36)37)20-8-11-28-12-9-20/h1-6,8-9,11-12,15,24-27,29,32-35H,7,10,13-14,16-17H2/t24-,25+,26-,27-/m1/s1. The van der Waals surface area contributed by atoms with Crippen LogP contribution in [-0.2, 0) is 12.8 Å². The van der Waals surface area contributed by atoms with Crippen LogP contribution in [0.5, 0.6) is 0 Å². The van der Waals surface area contributed by atoms with Crippen molar-refractivity contribution in [1.29, 1.82) is 0 Å².